The second kappa shape index (κ2) is 4.84. The molecule has 0 radical (unpaired) electrons. The van der Waals surface area contributed by atoms with E-state index >= 15 is 0 Å². The van der Waals surface area contributed by atoms with Crippen molar-refractivity contribution in [2.75, 3.05) is 11.4 Å². The van der Waals surface area contributed by atoms with Gasteiger partial charge in [0.05, 0.1) is 0 Å². The molecule has 1 aromatic carbocycles. The van der Waals surface area contributed by atoms with Gasteiger partial charge in [-0.1, -0.05) is 23.8 Å². The molecule has 19 heavy (non-hydrogen) atoms. The standard InChI is InChI=1S/C16H17NO2/c1-4-8-16(11-18)15(19)13-10-12(3)6-7-14(13)17(16)9-5-2/h4-7,10-11H,1-2,8-9H2,3H3. The summed E-state index contributed by atoms with van der Waals surface area (Å²) in [6.45, 7) is 9.75. The zero-order chi connectivity index (χ0) is 14.0. The minimum Gasteiger partial charge on any atom is -0.348 e. The maximum atomic E-state index is 12.6. The van der Waals surface area contributed by atoms with Gasteiger partial charge in [-0.25, -0.2) is 0 Å². The maximum Gasteiger partial charge on any atom is 0.198 e. The van der Waals surface area contributed by atoms with E-state index in [2.05, 4.69) is 13.2 Å². The van der Waals surface area contributed by atoms with Crippen LogP contribution in [0.2, 0.25) is 0 Å². The van der Waals surface area contributed by atoms with E-state index in [1.165, 1.54) is 0 Å². The molecule has 0 amide bonds. The van der Waals surface area contributed by atoms with E-state index in [1.54, 1.807) is 12.2 Å². The first-order valence-corrected chi connectivity index (χ1v) is 6.22. The number of hydrogen-bond donors (Lipinski definition) is 0. The quantitative estimate of drug-likeness (QED) is 0.461. The van der Waals surface area contributed by atoms with Gasteiger partial charge in [-0.3, -0.25) is 4.79 Å². The van der Waals surface area contributed by atoms with Crippen molar-refractivity contribution in [2.24, 2.45) is 0 Å². The normalized spacial score (nSPS) is 21.1. The van der Waals surface area contributed by atoms with Crippen LogP contribution in [0.15, 0.2) is 43.5 Å². The molecule has 1 atom stereocenters. The summed E-state index contributed by atoms with van der Waals surface area (Å²) in [4.78, 5) is 26.1. The number of ketones is 1. The van der Waals surface area contributed by atoms with Crippen LogP contribution in [0.5, 0.6) is 0 Å². The van der Waals surface area contributed by atoms with E-state index < -0.39 is 5.54 Å². The summed E-state index contributed by atoms with van der Waals surface area (Å²) in [6.07, 6.45) is 4.34. The maximum absolute atomic E-state index is 12.6. The topological polar surface area (TPSA) is 37.4 Å². The van der Waals surface area contributed by atoms with Gasteiger partial charge in [0.25, 0.3) is 0 Å². The van der Waals surface area contributed by atoms with Crippen molar-refractivity contribution in [2.45, 2.75) is 18.9 Å². The van der Waals surface area contributed by atoms with Crippen molar-refractivity contribution < 1.29 is 9.59 Å². The van der Waals surface area contributed by atoms with Crippen LogP contribution in [-0.2, 0) is 4.79 Å². The van der Waals surface area contributed by atoms with Gasteiger partial charge in [-0.05, 0) is 19.1 Å². The third kappa shape index (κ3) is 1.82. The molecule has 2 rings (SSSR count). The number of aldehydes is 1. The van der Waals surface area contributed by atoms with Gasteiger partial charge in [0.15, 0.2) is 17.6 Å². The van der Waals surface area contributed by atoms with Crippen molar-refractivity contribution in [3.8, 4) is 0 Å². The van der Waals surface area contributed by atoms with E-state index in [0.717, 1.165) is 17.5 Å². The first-order chi connectivity index (χ1) is 9.10. The third-order valence-electron chi connectivity index (χ3n) is 3.52. The molecule has 1 unspecified atom stereocenters. The number of Topliss-reactive ketones (excluding diaryl/α,β-unsaturated/α-hetero) is 1. The highest BCUT2D eigenvalue weighted by Gasteiger charge is 2.50. The molecular weight excluding hydrogens is 238 g/mol. The lowest BCUT2D eigenvalue weighted by Gasteiger charge is -2.32. The minimum absolute atomic E-state index is 0.150. The average Bonchev–Trinajstić information content (AvgIpc) is 2.62. The highest BCUT2D eigenvalue weighted by molar-refractivity contribution is 6.22. The monoisotopic (exact) mass is 255 g/mol. The average molecular weight is 255 g/mol. The Hall–Kier alpha value is -2.16. The van der Waals surface area contributed by atoms with E-state index in [4.69, 9.17) is 0 Å². The summed E-state index contributed by atoms with van der Waals surface area (Å²) >= 11 is 0. The predicted octanol–water partition coefficient (Wildman–Crippen LogP) is 2.70. The molecule has 1 heterocycles. The number of fused-ring (bicyclic) bond motifs is 1. The first kappa shape index (κ1) is 13.3. The van der Waals surface area contributed by atoms with Gasteiger partial charge in [0, 0.05) is 24.2 Å². The number of carbonyl (C=O) groups is 2. The Balaban J connectivity index is 2.64. The van der Waals surface area contributed by atoms with Crippen LogP contribution in [0.25, 0.3) is 0 Å². The lowest BCUT2D eigenvalue weighted by Crippen LogP contribution is -2.51. The molecule has 0 bridgehead atoms. The van der Waals surface area contributed by atoms with Crippen LogP contribution in [0.4, 0.5) is 5.69 Å². The van der Waals surface area contributed by atoms with Gasteiger partial charge >= 0.3 is 0 Å². The van der Waals surface area contributed by atoms with Crippen molar-refractivity contribution in [1.82, 2.24) is 0 Å². The highest BCUT2D eigenvalue weighted by atomic mass is 16.2. The molecule has 0 aromatic heterocycles. The van der Waals surface area contributed by atoms with Crippen molar-refractivity contribution in [3.05, 3.63) is 54.6 Å². The van der Waals surface area contributed by atoms with Gasteiger partial charge in [-0.15, -0.1) is 13.2 Å². The number of rotatable bonds is 5. The SMILES string of the molecule is C=CCN1c2ccc(C)cc2C(=O)C1(C=O)CC=C. The summed E-state index contributed by atoms with van der Waals surface area (Å²) in [6, 6.07) is 5.67. The molecule has 98 valence electrons. The Morgan fingerprint density at radius 2 is 2.05 bits per heavy atom. The number of carbonyl (C=O) groups excluding carboxylic acids is 2. The molecular formula is C16H17NO2. The van der Waals surface area contributed by atoms with Crippen LogP contribution in [0.3, 0.4) is 0 Å². The largest absolute Gasteiger partial charge is 0.348 e. The smallest absolute Gasteiger partial charge is 0.198 e. The third-order valence-corrected chi connectivity index (χ3v) is 3.52. The van der Waals surface area contributed by atoms with Crippen LogP contribution >= 0.6 is 0 Å². The molecule has 0 N–H and O–H groups in total. The van der Waals surface area contributed by atoms with Crippen LogP contribution in [0.1, 0.15) is 22.3 Å². The van der Waals surface area contributed by atoms with Crippen molar-refractivity contribution in [1.29, 1.82) is 0 Å². The van der Waals surface area contributed by atoms with E-state index in [1.807, 2.05) is 30.0 Å². The lowest BCUT2D eigenvalue weighted by atomic mass is 9.90. The molecule has 3 heteroatoms. The summed E-state index contributed by atoms with van der Waals surface area (Å²) in [7, 11) is 0. The molecule has 0 saturated heterocycles. The van der Waals surface area contributed by atoms with Crippen LogP contribution in [0, 0.1) is 6.92 Å². The molecule has 0 fully saturated rings. The van der Waals surface area contributed by atoms with Gasteiger partial charge in [0.2, 0.25) is 0 Å². The molecule has 3 nitrogen and oxygen atoms in total. The Kier molecular flexibility index (Phi) is 3.38. The fourth-order valence-electron chi connectivity index (χ4n) is 2.62. The van der Waals surface area contributed by atoms with Crippen molar-refractivity contribution >= 4 is 17.8 Å². The number of nitrogens with zero attached hydrogens (tertiary/aromatic N) is 1. The number of aryl methyl sites for hydroxylation is 1. The predicted molar refractivity (Wildman–Crippen MR) is 76.7 cm³/mol. The highest BCUT2D eigenvalue weighted by Crippen LogP contribution is 2.40. The van der Waals surface area contributed by atoms with Gasteiger partial charge < -0.3 is 9.69 Å². The Labute approximate surface area is 113 Å². The fraction of sp³-hybridized carbons (Fsp3) is 0.250. The van der Waals surface area contributed by atoms with E-state index in [-0.39, 0.29) is 5.78 Å². The van der Waals surface area contributed by atoms with E-state index in [9.17, 15) is 9.59 Å². The Bertz CT molecular complexity index is 562. The molecule has 0 aliphatic carbocycles. The summed E-state index contributed by atoms with van der Waals surface area (Å²) in [5, 5.41) is 0. The number of benzene rings is 1. The summed E-state index contributed by atoms with van der Waals surface area (Å²) in [5.74, 6) is -0.150. The van der Waals surface area contributed by atoms with Crippen molar-refractivity contribution in [3.63, 3.8) is 0 Å². The number of anilines is 1. The second-order valence-electron chi connectivity index (χ2n) is 4.78. The zero-order valence-electron chi connectivity index (χ0n) is 11.1. The molecule has 1 aliphatic rings. The summed E-state index contributed by atoms with van der Waals surface area (Å²) < 4.78 is 0. The first-order valence-electron chi connectivity index (χ1n) is 6.22. The molecule has 1 aliphatic heterocycles. The molecule has 0 saturated carbocycles. The van der Waals surface area contributed by atoms with Crippen LogP contribution in [-0.4, -0.2) is 24.2 Å². The van der Waals surface area contributed by atoms with Gasteiger partial charge in [0.1, 0.15) is 0 Å². The lowest BCUT2D eigenvalue weighted by molar-refractivity contribution is -0.110. The molecule has 0 spiro atoms. The Morgan fingerprint density at radius 3 is 2.63 bits per heavy atom. The molecule has 1 aromatic rings. The Morgan fingerprint density at radius 1 is 1.32 bits per heavy atom. The van der Waals surface area contributed by atoms with Gasteiger partial charge in [-0.2, -0.15) is 0 Å². The fourth-order valence-corrected chi connectivity index (χ4v) is 2.62. The zero-order valence-corrected chi connectivity index (χ0v) is 11.1. The van der Waals surface area contributed by atoms with Crippen LogP contribution < -0.4 is 4.90 Å². The summed E-state index contributed by atoms with van der Waals surface area (Å²) in [5.41, 5.74) is 1.25. The minimum atomic E-state index is -1.16. The number of hydrogen-bond acceptors (Lipinski definition) is 3. The second-order valence-corrected chi connectivity index (χ2v) is 4.78. The van der Waals surface area contributed by atoms with E-state index in [0.29, 0.717) is 18.5 Å².